The number of rotatable bonds is 10. The predicted molar refractivity (Wildman–Crippen MR) is 128 cm³/mol. The highest BCUT2D eigenvalue weighted by Crippen LogP contribution is 2.43. The molecule has 34 heavy (non-hydrogen) atoms. The molecule has 1 heterocycles. The van der Waals surface area contributed by atoms with Gasteiger partial charge in [0.25, 0.3) is 5.91 Å². The van der Waals surface area contributed by atoms with E-state index in [1.54, 1.807) is 43.5 Å². The minimum absolute atomic E-state index is 0.333. The Kier molecular flexibility index (Phi) is 7.94. The topological polar surface area (TPSA) is 85.4 Å². The number of amides is 1. The van der Waals surface area contributed by atoms with E-state index in [2.05, 4.69) is 0 Å². The van der Waals surface area contributed by atoms with Crippen LogP contribution in [-0.4, -0.2) is 75.8 Å². The molecule has 2 aromatic rings. The Morgan fingerprint density at radius 2 is 1.65 bits per heavy atom. The number of methoxy groups -OCH3 is 3. The molecule has 1 aliphatic rings. The van der Waals surface area contributed by atoms with Crippen molar-refractivity contribution in [2.45, 2.75) is 19.4 Å². The number of likely N-dealkylation sites (tertiary alicyclic amines) is 1. The number of carbonyl (C=O) groups excluding carboxylic acids is 3. The monoisotopic (exact) mass is 468 g/mol. The minimum Gasteiger partial charge on any atom is -0.497 e. The molecule has 0 aliphatic carbocycles. The Labute approximate surface area is 200 Å². The van der Waals surface area contributed by atoms with Gasteiger partial charge in [-0.15, -0.1) is 0 Å². The van der Waals surface area contributed by atoms with Crippen LogP contribution in [0.4, 0.5) is 0 Å². The van der Waals surface area contributed by atoms with Crippen LogP contribution in [0.3, 0.4) is 0 Å². The predicted octanol–water partition coefficient (Wildman–Crippen LogP) is 2.92. The number of carbonyl (C=O) groups is 3. The largest absolute Gasteiger partial charge is 0.497 e. The Balaban J connectivity index is 2.11. The molecule has 1 fully saturated rings. The molecule has 0 spiro atoms. The summed E-state index contributed by atoms with van der Waals surface area (Å²) in [6.45, 7) is 2.89. The second-order valence-electron chi connectivity index (χ2n) is 8.60. The fourth-order valence-electron chi connectivity index (χ4n) is 4.41. The summed E-state index contributed by atoms with van der Waals surface area (Å²) < 4.78 is 16.2. The maximum atomic E-state index is 13.7. The molecule has 2 aromatic carbocycles. The van der Waals surface area contributed by atoms with Crippen LogP contribution in [0, 0.1) is 12.8 Å². The summed E-state index contributed by atoms with van der Waals surface area (Å²) in [5.74, 6) is -1.30. The van der Waals surface area contributed by atoms with Crippen LogP contribution in [0.1, 0.15) is 33.9 Å². The standard InChI is InChI=1S/C26H32N2O6/c1-16-14-17(8-10-20(16)33-5)24(29)22-23(19-15-18(32-4)9-11-21(19)34-6)28(26(31)25(22)30)13-7-12-27(2)3/h8-11,14-15,22-23H,7,12-13H2,1-6H3. The SMILES string of the molecule is COc1ccc(OC)c(C2C(C(=O)c3ccc(OC)c(C)c3)C(=O)C(=O)N2CCCN(C)C)c1. The highest BCUT2D eigenvalue weighted by Gasteiger charge is 2.52. The van der Waals surface area contributed by atoms with Gasteiger partial charge in [-0.3, -0.25) is 14.4 Å². The first-order valence-electron chi connectivity index (χ1n) is 11.1. The third-order valence-electron chi connectivity index (χ3n) is 6.13. The van der Waals surface area contributed by atoms with E-state index in [9.17, 15) is 14.4 Å². The molecule has 2 atom stereocenters. The third kappa shape index (κ3) is 4.92. The summed E-state index contributed by atoms with van der Waals surface area (Å²) in [5.41, 5.74) is 1.68. The number of Topliss-reactive ketones (excluding diaryl/α,β-unsaturated/α-hetero) is 2. The van der Waals surface area contributed by atoms with Crippen LogP contribution >= 0.6 is 0 Å². The molecular formula is C26H32N2O6. The van der Waals surface area contributed by atoms with E-state index < -0.39 is 29.4 Å². The second kappa shape index (κ2) is 10.7. The van der Waals surface area contributed by atoms with E-state index >= 15 is 0 Å². The number of ether oxygens (including phenoxy) is 3. The maximum absolute atomic E-state index is 13.7. The van der Waals surface area contributed by atoms with Gasteiger partial charge in [-0.25, -0.2) is 0 Å². The molecule has 8 nitrogen and oxygen atoms in total. The van der Waals surface area contributed by atoms with Crippen molar-refractivity contribution in [3.05, 3.63) is 53.1 Å². The Bertz CT molecular complexity index is 1080. The summed E-state index contributed by atoms with van der Waals surface area (Å²) in [6.07, 6.45) is 0.650. The van der Waals surface area contributed by atoms with Crippen LogP contribution in [0.15, 0.2) is 36.4 Å². The molecule has 1 amide bonds. The summed E-state index contributed by atoms with van der Waals surface area (Å²) >= 11 is 0. The Morgan fingerprint density at radius 1 is 0.971 bits per heavy atom. The fraction of sp³-hybridized carbons (Fsp3) is 0.423. The Morgan fingerprint density at radius 3 is 2.24 bits per heavy atom. The average molecular weight is 469 g/mol. The molecular weight excluding hydrogens is 436 g/mol. The third-order valence-corrected chi connectivity index (χ3v) is 6.13. The quantitative estimate of drug-likeness (QED) is 0.301. The number of nitrogens with zero attached hydrogens (tertiary/aromatic N) is 2. The molecule has 0 saturated carbocycles. The molecule has 0 N–H and O–H groups in total. The lowest BCUT2D eigenvalue weighted by Crippen LogP contribution is -2.33. The average Bonchev–Trinajstić information content (AvgIpc) is 3.07. The highest BCUT2D eigenvalue weighted by molar-refractivity contribution is 6.44. The van der Waals surface area contributed by atoms with Crippen LogP contribution in [0.5, 0.6) is 17.2 Å². The molecule has 1 saturated heterocycles. The molecule has 1 aliphatic heterocycles. The number of ketones is 2. The Hall–Kier alpha value is -3.39. The lowest BCUT2D eigenvalue weighted by atomic mass is 9.85. The van der Waals surface area contributed by atoms with E-state index in [4.69, 9.17) is 14.2 Å². The van der Waals surface area contributed by atoms with Gasteiger partial charge in [-0.2, -0.15) is 0 Å². The van der Waals surface area contributed by atoms with Gasteiger partial charge in [0.1, 0.15) is 23.2 Å². The van der Waals surface area contributed by atoms with E-state index in [1.807, 2.05) is 25.9 Å². The zero-order valence-electron chi connectivity index (χ0n) is 20.6. The first kappa shape index (κ1) is 25.2. The van der Waals surface area contributed by atoms with Crippen molar-refractivity contribution in [2.75, 3.05) is 48.5 Å². The number of aryl methyl sites for hydroxylation is 1. The lowest BCUT2D eigenvalue weighted by molar-refractivity contribution is -0.140. The van der Waals surface area contributed by atoms with E-state index in [0.717, 1.165) is 12.1 Å². The zero-order chi connectivity index (χ0) is 25.0. The molecule has 3 rings (SSSR count). The van der Waals surface area contributed by atoms with E-state index in [1.165, 1.54) is 19.1 Å². The van der Waals surface area contributed by atoms with Gasteiger partial charge < -0.3 is 24.0 Å². The summed E-state index contributed by atoms with van der Waals surface area (Å²) in [6, 6.07) is 9.39. The van der Waals surface area contributed by atoms with Crippen molar-refractivity contribution in [3.8, 4) is 17.2 Å². The van der Waals surface area contributed by atoms with Crippen molar-refractivity contribution in [1.82, 2.24) is 9.80 Å². The number of hydrogen-bond acceptors (Lipinski definition) is 7. The lowest BCUT2D eigenvalue weighted by Gasteiger charge is -2.29. The molecule has 0 radical (unpaired) electrons. The van der Waals surface area contributed by atoms with Crippen molar-refractivity contribution in [3.63, 3.8) is 0 Å². The van der Waals surface area contributed by atoms with Gasteiger partial charge in [0.15, 0.2) is 5.78 Å². The summed E-state index contributed by atoms with van der Waals surface area (Å²) in [4.78, 5) is 43.6. The van der Waals surface area contributed by atoms with Gasteiger partial charge in [-0.05, 0) is 75.9 Å². The van der Waals surface area contributed by atoms with Crippen molar-refractivity contribution < 1.29 is 28.6 Å². The van der Waals surface area contributed by atoms with Gasteiger partial charge in [-0.1, -0.05) is 0 Å². The van der Waals surface area contributed by atoms with Crippen LogP contribution in [0.25, 0.3) is 0 Å². The normalized spacial score (nSPS) is 17.9. The maximum Gasteiger partial charge on any atom is 0.291 e. The summed E-state index contributed by atoms with van der Waals surface area (Å²) in [5, 5.41) is 0. The molecule has 182 valence electrons. The summed E-state index contributed by atoms with van der Waals surface area (Å²) in [7, 11) is 8.49. The van der Waals surface area contributed by atoms with Crippen molar-refractivity contribution >= 4 is 17.5 Å². The van der Waals surface area contributed by atoms with Gasteiger partial charge in [0.2, 0.25) is 5.78 Å². The van der Waals surface area contributed by atoms with E-state index in [-0.39, 0.29) is 0 Å². The minimum atomic E-state index is -1.19. The van der Waals surface area contributed by atoms with Gasteiger partial charge in [0.05, 0.1) is 27.4 Å². The molecule has 0 aromatic heterocycles. The van der Waals surface area contributed by atoms with E-state index in [0.29, 0.717) is 41.3 Å². The molecule has 0 bridgehead atoms. The first-order chi connectivity index (χ1) is 16.2. The first-order valence-corrected chi connectivity index (χ1v) is 11.1. The van der Waals surface area contributed by atoms with Crippen LogP contribution in [0.2, 0.25) is 0 Å². The zero-order valence-corrected chi connectivity index (χ0v) is 20.6. The number of benzene rings is 2. The van der Waals surface area contributed by atoms with Gasteiger partial charge >= 0.3 is 0 Å². The number of hydrogen-bond donors (Lipinski definition) is 0. The van der Waals surface area contributed by atoms with Gasteiger partial charge in [0, 0.05) is 17.7 Å². The highest BCUT2D eigenvalue weighted by atomic mass is 16.5. The molecule has 8 heteroatoms. The second-order valence-corrected chi connectivity index (χ2v) is 8.60. The molecule has 2 unspecified atom stereocenters. The van der Waals surface area contributed by atoms with Crippen LogP contribution in [-0.2, 0) is 9.59 Å². The smallest absolute Gasteiger partial charge is 0.291 e. The van der Waals surface area contributed by atoms with Crippen molar-refractivity contribution in [2.24, 2.45) is 5.92 Å². The fourth-order valence-corrected chi connectivity index (χ4v) is 4.41. The van der Waals surface area contributed by atoms with Crippen molar-refractivity contribution in [1.29, 1.82) is 0 Å². The van der Waals surface area contributed by atoms with Crippen LogP contribution < -0.4 is 14.2 Å².